The van der Waals surface area contributed by atoms with Crippen LogP contribution in [0.4, 0.5) is 0 Å². The Balaban J connectivity index is 1.79. The summed E-state index contributed by atoms with van der Waals surface area (Å²) < 4.78 is 34.9. The number of hydrogen-bond acceptors (Lipinski definition) is 6. The van der Waals surface area contributed by atoms with Crippen molar-refractivity contribution in [3.05, 3.63) is 62.8 Å². The Bertz CT molecular complexity index is 1180. The van der Waals surface area contributed by atoms with Crippen LogP contribution in [0, 0.1) is 20.8 Å². The molecule has 0 bridgehead atoms. The lowest BCUT2D eigenvalue weighted by molar-refractivity contribution is 0.407. The largest absolute Gasteiger partial charge is 0.496 e. The van der Waals surface area contributed by atoms with Gasteiger partial charge in [-0.3, -0.25) is 4.79 Å². The summed E-state index contributed by atoms with van der Waals surface area (Å²) in [6.07, 6.45) is 0. The summed E-state index contributed by atoms with van der Waals surface area (Å²) in [5.41, 5.74) is 2.57. The minimum Gasteiger partial charge on any atom is -0.496 e. The van der Waals surface area contributed by atoms with Gasteiger partial charge in [0.05, 0.1) is 23.4 Å². The van der Waals surface area contributed by atoms with Gasteiger partial charge in [0.2, 0.25) is 10.0 Å². The Morgan fingerprint density at radius 1 is 1.17 bits per heavy atom. The van der Waals surface area contributed by atoms with Crippen LogP contribution in [0.25, 0.3) is 10.6 Å². The molecule has 0 aliphatic carbocycles. The number of benzene rings is 1. The molecule has 3 rings (SSSR count). The minimum absolute atomic E-state index is 0.0483. The van der Waals surface area contributed by atoms with Crippen LogP contribution in [-0.2, 0) is 16.6 Å². The molecule has 9 heteroatoms. The smallest absolute Gasteiger partial charge is 0.266 e. The van der Waals surface area contributed by atoms with Gasteiger partial charge in [-0.05, 0) is 61.0 Å². The molecule has 29 heavy (non-hydrogen) atoms. The zero-order chi connectivity index (χ0) is 21.2. The van der Waals surface area contributed by atoms with Crippen molar-refractivity contribution in [2.45, 2.75) is 32.2 Å². The van der Waals surface area contributed by atoms with Crippen molar-refractivity contribution in [3.63, 3.8) is 0 Å². The molecular weight excluding hydrogens is 410 g/mol. The van der Waals surface area contributed by atoms with E-state index in [1.807, 2.05) is 31.4 Å². The van der Waals surface area contributed by atoms with Gasteiger partial charge in [0, 0.05) is 12.6 Å². The molecule has 0 spiro atoms. The lowest BCUT2D eigenvalue weighted by Gasteiger charge is -2.16. The molecule has 1 N–H and O–H groups in total. The van der Waals surface area contributed by atoms with E-state index in [9.17, 15) is 13.2 Å². The second-order valence-corrected chi connectivity index (χ2v) is 9.31. The molecule has 2 heterocycles. The number of rotatable bonds is 7. The highest BCUT2D eigenvalue weighted by atomic mass is 32.2. The summed E-state index contributed by atoms with van der Waals surface area (Å²) in [4.78, 5) is 13.2. The molecule has 0 fully saturated rings. The van der Waals surface area contributed by atoms with Crippen LogP contribution in [0.2, 0.25) is 0 Å². The molecule has 0 radical (unpaired) electrons. The molecule has 2 aromatic heterocycles. The van der Waals surface area contributed by atoms with Crippen LogP contribution in [-0.4, -0.2) is 31.9 Å². The van der Waals surface area contributed by atoms with E-state index in [0.29, 0.717) is 17.0 Å². The summed E-state index contributed by atoms with van der Waals surface area (Å²) in [5.74, 6) is 0.683. The highest BCUT2D eigenvalue weighted by Crippen LogP contribution is 2.30. The van der Waals surface area contributed by atoms with Crippen LogP contribution in [0.3, 0.4) is 0 Å². The SMILES string of the molecule is COc1c(C)cc(S(=O)(=O)NCCn2nc(-c3cccs3)ccc2=O)c(C)c1C. The van der Waals surface area contributed by atoms with E-state index >= 15 is 0 Å². The monoisotopic (exact) mass is 433 g/mol. The predicted molar refractivity (Wildman–Crippen MR) is 114 cm³/mol. The molecule has 0 amide bonds. The maximum atomic E-state index is 12.8. The van der Waals surface area contributed by atoms with Gasteiger partial charge in [0.15, 0.2) is 0 Å². The quantitative estimate of drug-likeness (QED) is 0.619. The number of thiophene rings is 1. The molecule has 0 aliphatic rings. The van der Waals surface area contributed by atoms with Crippen LogP contribution >= 0.6 is 11.3 Å². The third-order valence-electron chi connectivity index (χ3n) is 4.73. The van der Waals surface area contributed by atoms with Crippen molar-refractivity contribution < 1.29 is 13.2 Å². The van der Waals surface area contributed by atoms with Crippen molar-refractivity contribution >= 4 is 21.4 Å². The highest BCUT2D eigenvalue weighted by molar-refractivity contribution is 7.89. The molecule has 0 saturated carbocycles. The Labute approximate surface area is 174 Å². The van der Waals surface area contributed by atoms with Crippen LogP contribution in [0.5, 0.6) is 5.75 Å². The lowest BCUT2D eigenvalue weighted by Crippen LogP contribution is -2.32. The zero-order valence-electron chi connectivity index (χ0n) is 16.7. The third kappa shape index (κ3) is 4.42. The number of aryl methyl sites for hydroxylation is 1. The highest BCUT2D eigenvalue weighted by Gasteiger charge is 2.21. The first-order valence-electron chi connectivity index (χ1n) is 9.01. The Morgan fingerprint density at radius 2 is 1.93 bits per heavy atom. The first-order chi connectivity index (χ1) is 13.7. The van der Waals surface area contributed by atoms with Crippen LogP contribution < -0.4 is 15.0 Å². The van der Waals surface area contributed by atoms with Gasteiger partial charge >= 0.3 is 0 Å². The van der Waals surface area contributed by atoms with Gasteiger partial charge in [-0.1, -0.05) is 6.07 Å². The first-order valence-corrected chi connectivity index (χ1v) is 11.4. The first kappa shape index (κ1) is 21.2. The lowest BCUT2D eigenvalue weighted by atomic mass is 10.1. The second-order valence-electron chi connectivity index (χ2n) is 6.63. The Morgan fingerprint density at radius 3 is 2.59 bits per heavy atom. The Hall–Kier alpha value is -2.49. The van der Waals surface area contributed by atoms with Crippen molar-refractivity contribution in [1.82, 2.24) is 14.5 Å². The number of methoxy groups -OCH3 is 1. The molecular formula is C20H23N3O4S2. The van der Waals surface area contributed by atoms with Gasteiger partial charge in [-0.15, -0.1) is 11.3 Å². The van der Waals surface area contributed by atoms with E-state index in [0.717, 1.165) is 16.0 Å². The fourth-order valence-electron chi connectivity index (χ4n) is 3.14. The number of sulfonamides is 1. The van der Waals surface area contributed by atoms with E-state index in [-0.39, 0.29) is 23.5 Å². The summed E-state index contributed by atoms with van der Waals surface area (Å²) >= 11 is 1.52. The maximum absolute atomic E-state index is 12.8. The van der Waals surface area contributed by atoms with Crippen LogP contribution in [0.15, 0.2) is 45.4 Å². The van der Waals surface area contributed by atoms with Gasteiger partial charge in [-0.2, -0.15) is 5.10 Å². The Kier molecular flexibility index (Phi) is 6.21. The van der Waals surface area contributed by atoms with Gasteiger partial charge in [-0.25, -0.2) is 17.8 Å². The fraction of sp³-hybridized carbons (Fsp3) is 0.300. The molecule has 154 valence electrons. The number of aromatic nitrogens is 2. The van der Waals surface area contributed by atoms with Crippen molar-refractivity contribution in [1.29, 1.82) is 0 Å². The van der Waals surface area contributed by atoms with Crippen molar-refractivity contribution in [3.8, 4) is 16.3 Å². The fourth-order valence-corrected chi connectivity index (χ4v) is 5.24. The molecule has 0 aliphatic heterocycles. The van der Waals surface area contributed by atoms with Crippen molar-refractivity contribution in [2.24, 2.45) is 0 Å². The van der Waals surface area contributed by atoms with E-state index in [2.05, 4.69) is 9.82 Å². The normalized spacial score (nSPS) is 11.6. The van der Waals surface area contributed by atoms with E-state index in [1.54, 1.807) is 26.2 Å². The van der Waals surface area contributed by atoms with E-state index < -0.39 is 10.0 Å². The topological polar surface area (TPSA) is 90.3 Å². The van der Waals surface area contributed by atoms with E-state index in [1.165, 1.54) is 22.1 Å². The molecule has 0 unspecified atom stereocenters. The van der Waals surface area contributed by atoms with Gasteiger partial charge in [0.25, 0.3) is 5.56 Å². The van der Waals surface area contributed by atoms with Crippen LogP contribution in [0.1, 0.15) is 16.7 Å². The average Bonchev–Trinajstić information content (AvgIpc) is 3.21. The van der Waals surface area contributed by atoms with Crippen molar-refractivity contribution in [2.75, 3.05) is 13.7 Å². The third-order valence-corrected chi connectivity index (χ3v) is 7.21. The van der Waals surface area contributed by atoms with Gasteiger partial charge < -0.3 is 4.74 Å². The standard InChI is InChI=1S/C20H23N3O4S2/c1-13-12-18(14(2)15(3)20(13)27-4)29(25,26)21-9-10-23-19(24)8-7-16(22-23)17-6-5-11-28-17/h5-8,11-12,21H,9-10H2,1-4H3. The molecule has 3 aromatic rings. The molecule has 0 saturated heterocycles. The van der Waals surface area contributed by atoms with E-state index in [4.69, 9.17) is 4.74 Å². The minimum atomic E-state index is -3.74. The maximum Gasteiger partial charge on any atom is 0.266 e. The number of ether oxygens (including phenoxy) is 1. The average molecular weight is 434 g/mol. The molecule has 1 aromatic carbocycles. The second kappa shape index (κ2) is 8.48. The number of nitrogens with one attached hydrogen (secondary N) is 1. The predicted octanol–water partition coefficient (Wildman–Crippen LogP) is 2.88. The molecule has 0 atom stereocenters. The summed E-state index contributed by atoms with van der Waals surface area (Å²) in [6, 6.07) is 8.54. The summed E-state index contributed by atoms with van der Waals surface area (Å²) in [6.45, 7) is 5.57. The number of nitrogens with zero attached hydrogens (tertiary/aromatic N) is 2. The zero-order valence-corrected chi connectivity index (χ0v) is 18.4. The summed E-state index contributed by atoms with van der Waals surface area (Å²) in [5, 5.41) is 6.27. The summed E-state index contributed by atoms with van der Waals surface area (Å²) in [7, 11) is -2.18. The number of hydrogen-bond donors (Lipinski definition) is 1. The van der Waals surface area contributed by atoms with Gasteiger partial charge in [0.1, 0.15) is 11.4 Å². The molecule has 7 nitrogen and oxygen atoms in total.